The lowest BCUT2D eigenvalue weighted by Gasteiger charge is -2.14. The zero-order chi connectivity index (χ0) is 24.1. The molecular formula is C25H23N3O5S. The number of carbonyl (C=O) groups is 3. The molecule has 1 aliphatic rings. The average Bonchev–Trinajstić information content (AvgIpc) is 3.36. The fourth-order valence-corrected chi connectivity index (χ4v) is 4.80. The maximum Gasteiger partial charge on any atom is 0.407 e. The molecule has 1 aliphatic carbocycles. The maximum atomic E-state index is 12.4. The average molecular weight is 478 g/mol. The molecule has 4 rings (SSSR count). The first-order chi connectivity index (χ1) is 16.4. The number of thiazole rings is 1. The Labute approximate surface area is 200 Å². The van der Waals surface area contributed by atoms with Gasteiger partial charge in [0.2, 0.25) is 0 Å². The fourth-order valence-electron chi connectivity index (χ4n) is 3.93. The number of aryl methyl sites for hydroxylation is 1. The summed E-state index contributed by atoms with van der Waals surface area (Å²) < 4.78 is 5.52. The Hall–Kier alpha value is -3.98. The van der Waals surface area contributed by atoms with Gasteiger partial charge in [0.1, 0.15) is 17.3 Å². The van der Waals surface area contributed by atoms with E-state index in [1.54, 1.807) is 6.92 Å². The van der Waals surface area contributed by atoms with Crippen molar-refractivity contribution in [3.63, 3.8) is 0 Å². The molecule has 0 aliphatic heterocycles. The molecule has 8 nitrogen and oxygen atoms in total. The monoisotopic (exact) mass is 477 g/mol. The number of hydrogen-bond donors (Lipinski definition) is 3. The van der Waals surface area contributed by atoms with Gasteiger partial charge in [0, 0.05) is 23.4 Å². The Morgan fingerprint density at radius 2 is 1.71 bits per heavy atom. The molecule has 0 spiro atoms. The van der Waals surface area contributed by atoms with Crippen molar-refractivity contribution in [3.8, 4) is 11.1 Å². The van der Waals surface area contributed by atoms with Crippen LogP contribution >= 0.6 is 11.3 Å². The van der Waals surface area contributed by atoms with Crippen LogP contribution in [-0.4, -0.2) is 41.2 Å². The van der Waals surface area contributed by atoms with E-state index in [4.69, 9.17) is 9.84 Å². The van der Waals surface area contributed by atoms with Gasteiger partial charge in [-0.1, -0.05) is 54.6 Å². The number of carbonyl (C=O) groups excluding carboxylic acids is 2. The predicted molar refractivity (Wildman–Crippen MR) is 128 cm³/mol. The van der Waals surface area contributed by atoms with Crippen LogP contribution in [0.2, 0.25) is 0 Å². The number of amides is 2. The molecule has 1 heterocycles. The van der Waals surface area contributed by atoms with Crippen LogP contribution in [-0.2, 0) is 16.1 Å². The summed E-state index contributed by atoms with van der Waals surface area (Å²) in [5.74, 6) is -1.51. The quantitative estimate of drug-likeness (QED) is 0.424. The topological polar surface area (TPSA) is 118 Å². The minimum atomic E-state index is -1.08. The Bertz CT molecular complexity index is 1220. The maximum absolute atomic E-state index is 12.4. The van der Waals surface area contributed by atoms with E-state index in [1.165, 1.54) is 17.4 Å². The first kappa shape index (κ1) is 23.2. The number of aromatic nitrogens is 1. The molecule has 3 aromatic rings. The Balaban J connectivity index is 1.31. The molecule has 9 heteroatoms. The van der Waals surface area contributed by atoms with Crippen LogP contribution in [0.15, 0.2) is 60.7 Å². The lowest BCUT2D eigenvalue weighted by atomic mass is 9.98. The summed E-state index contributed by atoms with van der Waals surface area (Å²) in [5.41, 5.74) is 4.85. The second-order valence-electron chi connectivity index (χ2n) is 7.64. The SMILES string of the molecule is Cc1sc(CNC(=O)OCC2c3ccccc3-c3ccccc32)nc1C(=O)NC/C=C/C(=O)O. The van der Waals surface area contributed by atoms with Gasteiger partial charge in [-0.05, 0) is 29.2 Å². The second-order valence-corrected chi connectivity index (χ2v) is 8.93. The van der Waals surface area contributed by atoms with Crippen molar-refractivity contribution in [2.75, 3.05) is 13.2 Å². The van der Waals surface area contributed by atoms with Gasteiger partial charge < -0.3 is 20.5 Å². The predicted octanol–water partition coefficient (Wildman–Crippen LogP) is 3.86. The molecule has 0 fully saturated rings. The number of carboxylic acid groups (broad SMARTS) is 1. The third-order valence-electron chi connectivity index (χ3n) is 5.42. The third kappa shape index (κ3) is 5.15. The highest BCUT2D eigenvalue weighted by Crippen LogP contribution is 2.44. The first-order valence-corrected chi connectivity index (χ1v) is 11.5. The van der Waals surface area contributed by atoms with E-state index in [1.807, 2.05) is 24.3 Å². The number of carboxylic acids is 1. The molecule has 0 atom stereocenters. The number of benzene rings is 2. The van der Waals surface area contributed by atoms with Gasteiger partial charge in [0.15, 0.2) is 0 Å². The Kier molecular flexibility index (Phi) is 7.03. The van der Waals surface area contributed by atoms with Crippen molar-refractivity contribution in [3.05, 3.63) is 87.4 Å². The zero-order valence-corrected chi connectivity index (χ0v) is 19.2. The molecule has 174 valence electrons. The van der Waals surface area contributed by atoms with Crippen molar-refractivity contribution < 1.29 is 24.2 Å². The summed E-state index contributed by atoms with van der Waals surface area (Å²) in [6, 6.07) is 16.3. The van der Waals surface area contributed by atoms with Crippen LogP contribution < -0.4 is 10.6 Å². The van der Waals surface area contributed by atoms with Crippen LogP contribution in [0.5, 0.6) is 0 Å². The van der Waals surface area contributed by atoms with Gasteiger partial charge >= 0.3 is 12.1 Å². The van der Waals surface area contributed by atoms with Crippen LogP contribution in [0.1, 0.15) is 37.4 Å². The van der Waals surface area contributed by atoms with Gasteiger partial charge in [0.05, 0.1) is 6.54 Å². The molecule has 2 amide bonds. The summed E-state index contributed by atoms with van der Waals surface area (Å²) in [7, 11) is 0. The summed E-state index contributed by atoms with van der Waals surface area (Å²) in [5, 5.41) is 14.4. The minimum Gasteiger partial charge on any atom is -0.478 e. The summed E-state index contributed by atoms with van der Waals surface area (Å²) in [6.07, 6.45) is 1.74. The molecule has 3 N–H and O–H groups in total. The van der Waals surface area contributed by atoms with Gasteiger partial charge in [-0.2, -0.15) is 0 Å². The van der Waals surface area contributed by atoms with Gasteiger partial charge in [-0.25, -0.2) is 14.6 Å². The van der Waals surface area contributed by atoms with Crippen molar-refractivity contribution in [1.82, 2.24) is 15.6 Å². The highest BCUT2D eigenvalue weighted by atomic mass is 32.1. The van der Waals surface area contributed by atoms with Crippen LogP contribution in [0.3, 0.4) is 0 Å². The van der Waals surface area contributed by atoms with E-state index in [9.17, 15) is 14.4 Å². The van der Waals surface area contributed by atoms with Crippen LogP contribution in [0, 0.1) is 6.92 Å². The molecule has 0 unspecified atom stereocenters. The molecule has 1 aromatic heterocycles. The summed E-state index contributed by atoms with van der Waals surface area (Å²) in [6.45, 7) is 2.19. The smallest absolute Gasteiger partial charge is 0.407 e. The molecule has 2 aromatic carbocycles. The lowest BCUT2D eigenvalue weighted by Crippen LogP contribution is -2.26. The number of hydrogen-bond acceptors (Lipinski definition) is 6. The van der Waals surface area contributed by atoms with Crippen molar-refractivity contribution in [2.45, 2.75) is 19.4 Å². The molecule has 0 bridgehead atoms. The number of ether oxygens (including phenoxy) is 1. The normalized spacial score (nSPS) is 12.3. The lowest BCUT2D eigenvalue weighted by molar-refractivity contribution is -0.131. The van der Waals surface area contributed by atoms with Crippen LogP contribution in [0.4, 0.5) is 4.79 Å². The minimum absolute atomic E-state index is 0.0225. The van der Waals surface area contributed by atoms with Crippen LogP contribution in [0.25, 0.3) is 11.1 Å². The molecular weight excluding hydrogens is 454 g/mol. The number of fused-ring (bicyclic) bond motifs is 3. The largest absolute Gasteiger partial charge is 0.478 e. The molecule has 0 radical (unpaired) electrons. The molecule has 0 saturated carbocycles. The summed E-state index contributed by atoms with van der Waals surface area (Å²) >= 11 is 1.30. The number of rotatable bonds is 8. The molecule has 34 heavy (non-hydrogen) atoms. The zero-order valence-electron chi connectivity index (χ0n) is 18.4. The van der Waals surface area contributed by atoms with E-state index in [-0.39, 0.29) is 31.3 Å². The summed E-state index contributed by atoms with van der Waals surface area (Å²) in [4.78, 5) is 40.1. The third-order valence-corrected chi connectivity index (χ3v) is 6.40. The van der Waals surface area contributed by atoms with Crippen molar-refractivity contribution in [1.29, 1.82) is 0 Å². The highest BCUT2D eigenvalue weighted by Gasteiger charge is 2.29. The van der Waals surface area contributed by atoms with E-state index in [0.717, 1.165) is 28.3 Å². The number of alkyl carbamates (subject to hydrolysis) is 1. The number of nitrogens with one attached hydrogen (secondary N) is 2. The van der Waals surface area contributed by atoms with Crippen molar-refractivity contribution >= 4 is 29.3 Å². The van der Waals surface area contributed by atoms with Gasteiger partial charge in [0.25, 0.3) is 5.91 Å². The van der Waals surface area contributed by atoms with E-state index in [0.29, 0.717) is 9.88 Å². The number of aliphatic carboxylic acids is 1. The second kappa shape index (κ2) is 10.3. The number of nitrogens with zero attached hydrogens (tertiary/aromatic N) is 1. The Morgan fingerprint density at radius 1 is 1.06 bits per heavy atom. The van der Waals surface area contributed by atoms with Gasteiger partial charge in [-0.3, -0.25) is 4.79 Å². The standard InChI is InChI=1S/C25H23N3O5S/c1-15-23(24(31)26-12-6-11-22(29)30)28-21(34-15)13-27-25(32)33-14-20-18-9-4-2-7-16(18)17-8-3-5-10-19(17)20/h2-11,20H,12-14H2,1H3,(H,26,31)(H,27,32)(H,29,30)/b11-6+. The van der Waals surface area contributed by atoms with Crippen molar-refractivity contribution in [2.24, 2.45) is 0 Å². The highest BCUT2D eigenvalue weighted by molar-refractivity contribution is 7.11. The van der Waals surface area contributed by atoms with E-state index in [2.05, 4.69) is 39.9 Å². The van der Waals surface area contributed by atoms with Gasteiger partial charge in [-0.15, -0.1) is 11.3 Å². The molecule has 0 saturated heterocycles. The van der Waals surface area contributed by atoms with E-state index >= 15 is 0 Å². The first-order valence-electron chi connectivity index (χ1n) is 10.7. The fraction of sp³-hybridized carbons (Fsp3) is 0.200. The Morgan fingerprint density at radius 3 is 2.35 bits per heavy atom. The van der Waals surface area contributed by atoms with E-state index < -0.39 is 18.0 Å².